The van der Waals surface area contributed by atoms with Crippen LogP contribution in [0.2, 0.25) is 0 Å². The third-order valence-corrected chi connectivity index (χ3v) is 4.20. The van der Waals surface area contributed by atoms with E-state index in [9.17, 15) is 14.8 Å². The van der Waals surface area contributed by atoms with Crippen LogP contribution in [0.4, 0.5) is 0 Å². The molecule has 0 radical (unpaired) electrons. The van der Waals surface area contributed by atoms with E-state index in [0.717, 1.165) is 5.56 Å². The minimum atomic E-state index is -0.737. The van der Waals surface area contributed by atoms with Crippen molar-refractivity contribution in [3.8, 4) is 0 Å². The van der Waals surface area contributed by atoms with Crippen molar-refractivity contribution in [3.05, 3.63) is 35.9 Å². The molecule has 0 saturated carbocycles. The standard InChI is InChI=1S/C21H35N3O4/c1-20(2,3)17(19(27)23-21(4,5)6)22-18(26)16(13-24(28)14-25)12-15-10-8-7-9-11-15/h7-11,16-17,25,28H,12-14H2,1-6H3,(H,22,26)(H,23,27). The van der Waals surface area contributed by atoms with Crippen LogP contribution in [-0.4, -0.2) is 52.0 Å². The molecule has 2 amide bonds. The lowest BCUT2D eigenvalue weighted by Gasteiger charge is -2.34. The topological polar surface area (TPSA) is 102 Å². The van der Waals surface area contributed by atoms with Gasteiger partial charge in [0.25, 0.3) is 0 Å². The number of carbonyl (C=O) groups is 2. The first-order chi connectivity index (χ1) is 12.8. The van der Waals surface area contributed by atoms with E-state index >= 15 is 0 Å². The van der Waals surface area contributed by atoms with Crippen molar-refractivity contribution in [1.82, 2.24) is 15.7 Å². The first kappa shape index (κ1) is 24.1. The molecule has 0 spiro atoms. The summed E-state index contributed by atoms with van der Waals surface area (Å²) in [5, 5.41) is 25.3. The van der Waals surface area contributed by atoms with Gasteiger partial charge in [-0.1, -0.05) is 51.1 Å². The zero-order valence-electron chi connectivity index (χ0n) is 17.8. The van der Waals surface area contributed by atoms with Crippen LogP contribution in [0, 0.1) is 11.3 Å². The first-order valence-electron chi connectivity index (χ1n) is 9.54. The number of carbonyl (C=O) groups excluding carboxylic acids is 2. The van der Waals surface area contributed by atoms with Crippen LogP contribution in [0.25, 0.3) is 0 Å². The molecule has 0 fully saturated rings. The summed E-state index contributed by atoms with van der Waals surface area (Å²) >= 11 is 0. The average molecular weight is 394 g/mol. The molecule has 0 heterocycles. The molecule has 2 unspecified atom stereocenters. The number of hydrogen-bond acceptors (Lipinski definition) is 5. The fourth-order valence-electron chi connectivity index (χ4n) is 2.83. The van der Waals surface area contributed by atoms with Crippen LogP contribution in [-0.2, 0) is 16.0 Å². The van der Waals surface area contributed by atoms with Gasteiger partial charge in [0.05, 0.1) is 5.92 Å². The Balaban J connectivity index is 3.01. The van der Waals surface area contributed by atoms with E-state index in [-0.39, 0.29) is 18.4 Å². The van der Waals surface area contributed by atoms with E-state index in [4.69, 9.17) is 5.11 Å². The number of nitrogens with one attached hydrogen (secondary N) is 2. The molecular formula is C21H35N3O4. The van der Waals surface area contributed by atoms with Gasteiger partial charge < -0.3 is 20.9 Å². The molecule has 2 atom stereocenters. The van der Waals surface area contributed by atoms with Crippen LogP contribution in [0.3, 0.4) is 0 Å². The molecule has 0 aromatic heterocycles. The van der Waals surface area contributed by atoms with E-state index in [1.165, 1.54) is 0 Å². The molecule has 158 valence electrons. The summed E-state index contributed by atoms with van der Waals surface area (Å²) in [6.45, 7) is 10.7. The molecule has 7 heteroatoms. The van der Waals surface area contributed by atoms with E-state index in [2.05, 4.69) is 10.6 Å². The van der Waals surface area contributed by atoms with Crippen molar-refractivity contribution in [1.29, 1.82) is 0 Å². The number of rotatable bonds is 8. The molecule has 1 rings (SSSR count). The van der Waals surface area contributed by atoms with Gasteiger partial charge in [-0.05, 0) is 38.2 Å². The Hall–Kier alpha value is -1.96. The van der Waals surface area contributed by atoms with Crippen LogP contribution < -0.4 is 10.6 Å². The quantitative estimate of drug-likeness (QED) is 0.399. The molecule has 0 aliphatic heterocycles. The van der Waals surface area contributed by atoms with Crippen molar-refractivity contribution in [3.63, 3.8) is 0 Å². The number of hydrogen-bond donors (Lipinski definition) is 4. The van der Waals surface area contributed by atoms with Gasteiger partial charge in [-0.15, -0.1) is 0 Å². The minimum Gasteiger partial charge on any atom is -0.379 e. The molecule has 1 aromatic carbocycles. The molecular weight excluding hydrogens is 358 g/mol. The van der Waals surface area contributed by atoms with Crippen molar-refractivity contribution in [2.24, 2.45) is 11.3 Å². The fourth-order valence-corrected chi connectivity index (χ4v) is 2.83. The summed E-state index contributed by atoms with van der Waals surface area (Å²) < 4.78 is 0. The summed E-state index contributed by atoms with van der Waals surface area (Å²) in [6.07, 6.45) is 0.376. The molecule has 4 N–H and O–H groups in total. The molecule has 0 aliphatic carbocycles. The van der Waals surface area contributed by atoms with E-state index in [1.807, 2.05) is 71.9 Å². The van der Waals surface area contributed by atoms with Gasteiger partial charge in [0.2, 0.25) is 11.8 Å². The maximum absolute atomic E-state index is 13.0. The second kappa shape index (κ2) is 10.0. The number of benzene rings is 1. The van der Waals surface area contributed by atoms with Crippen LogP contribution in [0.1, 0.15) is 47.1 Å². The third kappa shape index (κ3) is 8.37. The lowest BCUT2D eigenvalue weighted by Crippen LogP contribution is -2.58. The Bertz CT molecular complexity index is 635. The lowest BCUT2D eigenvalue weighted by atomic mass is 9.85. The predicted octanol–water partition coefficient (Wildman–Crippen LogP) is 1.93. The van der Waals surface area contributed by atoms with E-state index < -0.39 is 29.6 Å². The molecule has 28 heavy (non-hydrogen) atoms. The van der Waals surface area contributed by atoms with Crippen LogP contribution in [0.5, 0.6) is 0 Å². The van der Waals surface area contributed by atoms with Gasteiger partial charge in [-0.25, -0.2) is 0 Å². The fraction of sp³-hybridized carbons (Fsp3) is 0.619. The normalized spacial score (nSPS) is 14.5. The Morgan fingerprint density at radius 3 is 2.07 bits per heavy atom. The highest BCUT2D eigenvalue weighted by Gasteiger charge is 2.36. The summed E-state index contributed by atoms with van der Waals surface area (Å²) in [4.78, 5) is 25.8. The average Bonchev–Trinajstić information content (AvgIpc) is 2.56. The summed E-state index contributed by atoms with van der Waals surface area (Å²) in [6, 6.07) is 8.70. The lowest BCUT2D eigenvalue weighted by molar-refractivity contribution is -0.158. The van der Waals surface area contributed by atoms with E-state index in [0.29, 0.717) is 11.5 Å². The molecule has 0 bridgehead atoms. The van der Waals surface area contributed by atoms with Gasteiger partial charge in [0.1, 0.15) is 12.8 Å². The zero-order valence-corrected chi connectivity index (χ0v) is 17.8. The highest BCUT2D eigenvalue weighted by molar-refractivity contribution is 5.89. The molecule has 0 aliphatic rings. The number of aliphatic hydroxyl groups excluding tert-OH is 1. The monoisotopic (exact) mass is 393 g/mol. The third-order valence-electron chi connectivity index (χ3n) is 4.20. The maximum Gasteiger partial charge on any atom is 0.243 e. The van der Waals surface area contributed by atoms with Gasteiger partial charge in [0.15, 0.2) is 0 Å². The van der Waals surface area contributed by atoms with Crippen molar-refractivity contribution in [2.75, 3.05) is 13.3 Å². The van der Waals surface area contributed by atoms with Crippen LogP contribution in [0.15, 0.2) is 30.3 Å². The van der Waals surface area contributed by atoms with Crippen molar-refractivity contribution in [2.45, 2.75) is 59.5 Å². The second-order valence-electron chi connectivity index (χ2n) is 9.26. The van der Waals surface area contributed by atoms with Crippen molar-refractivity contribution < 1.29 is 19.9 Å². The Morgan fingerprint density at radius 2 is 1.61 bits per heavy atom. The number of nitrogens with zero attached hydrogens (tertiary/aromatic N) is 1. The summed E-state index contributed by atoms with van der Waals surface area (Å²) in [5.41, 5.74) is 0.00607. The Kier molecular flexibility index (Phi) is 8.60. The zero-order chi connectivity index (χ0) is 21.5. The maximum atomic E-state index is 13.0. The molecule has 1 aromatic rings. The Morgan fingerprint density at radius 1 is 1.04 bits per heavy atom. The highest BCUT2D eigenvalue weighted by Crippen LogP contribution is 2.21. The first-order valence-corrected chi connectivity index (χ1v) is 9.54. The Labute approximate surface area is 168 Å². The van der Waals surface area contributed by atoms with Crippen LogP contribution >= 0.6 is 0 Å². The summed E-state index contributed by atoms with van der Waals surface area (Å²) in [7, 11) is 0. The molecule has 7 nitrogen and oxygen atoms in total. The second-order valence-corrected chi connectivity index (χ2v) is 9.26. The van der Waals surface area contributed by atoms with Gasteiger partial charge in [-0.3, -0.25) is 9.59 Å². The molecule has 0 saturated heterocycles. The SMILES string of the molecule is CC(C)(C)NC(=O)C(NC(=O)C(Cc1ccccc1)CN(O)CO)C(C)(C)C. The number of amides is 2. The minimum absolute atomic E-state index is 0.0466. The number of hydroxylamine groups is 2. The van der Waals surface area contributed by atoms with Gasteiger partial charge >= 0.3 is 0 Å². The predicted molar refractivity (Wildman–Crippen MR) is 108 cm³/mol. The van der Waals surface area contributed by atoms with Crippen molar-refractivity contribution >= 4 is 11.8 Å². The van der Waals surface area contributed by atoms with Gasteiger partial charge in [-0.2, -0.15) is 5.06 Å². The van der Waals surface area contributed by atoms with E-state index in [1.54, 1.807) is 0 Å². The number of aliphatic hydroxyl groups is 1. The highest BCUT2D eigenvalue weighted by atomic mass is 16.5. The summed E-state index contributed by atoms with van der Waals surface area (Å²) in [5.74, 6) is -1.23. The smallest absolute Gasteiger partial charge is 0.243 e. The largest absolute Gasteiger partial charge is 0.379 e. The van der Waals surface area contributed by atoms with Gasteiger partial charge in [0, 0.05) is 12.1 Å².